The summed E-state index contributed by atoms with van der Waals surface area (Å²) in [6.07, 6.45) is 0. The van der Waals surface area contributed by atoms with Crippen LogP contribution >= 0.6 is 11.3 Å². The van der Waals surface area contributed by atoms with Gasteiger partial charge in [-0.1, -0.05) is 6.07 Å². The van der Waals surface area contributed by atoms with Crippen molar-refractivity contribution in [2.24, 2.45) is 5.73 Å². The molecule has 0 aliphatic carbocycles. The van der Waals surface area contributed by atoms with Gasteiger partial charge in [-0.2, -0.15) is 0 Å². The summed E-state index contributed by atoms with van der Waals surface area (Å²) >= 11 is 1.77. The van der Waals surface area contributed by atoms with E-state index in [2.05, 4.69) is 22.8 Å². The SMILES string of the molecule is CC(N)CNCc1cccs1. The van der Waals surface area contributed by atoms with Crippen LogP contribution in [0.5, 0.6) is 0 Å². The van der Waals surface area contributed by atoms with Crippen LogP contribution in [0.15, 0.2) is 17.5 Å². The van der Waals surface area contributed by atoms with Crippen LogP contribution in [0.1, 0.15) is 11.8 Å². The van der Waals surface area contributed by atoms with Crippen molar-refractivity contribution in [2.45, 2.75) is 19.5 Å². The number of thiophene rings is 1. The van der Waals surface area contributed by atoms with Crippen LogP contribution in [0, 0.1) is 0 Å². The highest BCUT2D eigenvalue weighted by Crippen LogP contribution is 2.06. The molecule has 3 N–H and O–H groups in total. The van der Waals surface area contributed by atoms with E-state index >= 15 is 0 Å². The van der Waals surface area contributed by atoms with Crippen LogP contribution in [-0.4, -0.2) is 12.6 Å². The Hall–Kier alpha value is -0.380. The van der Waals surface area contributed by atoms with Gasteiger partial charge in [0.2, 0.25) is 0 Å². The topological polar surface area (TPSA) is 38.0 Å². The molecule has 2 nitrogen and oxygen atoms in total. The van der Waals surface area contributed by atoms with Gasteiger partial charge in [-0.25, -0.2) is 0 Å². The van der Waals surface area contributed by atoms with E-state index in [0.717, 1.165) is 13.1 Å². The molecule has 0 spiro atoms. The highest BCUT2D eigenvalue weighted by atomic mass is 32.1. The molecular formula is C8H14N2S. The number of nitrogens with two attached hydrogens (primary N) is 1. The molecule has 1 aromatic rings. The Kier molecular flexibility index (Phi) is 3.56. The Morgan fingerprint density at radius 1 is 1.73 bits per heavy atom. The number of rotatable bonds is 4. The molecule has 1 rings (SSSR count). The van der Waals surface area contributed by atoms with Gasteiger partial charge in [0, 0.05) is 24.0 Å². The van der Waals surface area contributed by atoms with Crippen LogP contribution in [0.3, 0.4) is 0 Å². The van der Waals surface area contributed by atoms with Gasteiger partial charge < -0.3 is 11.1 Å². The van der Waals surface area contributed by atoms with Crippen LogP contribution in [-0.2, 0) is 6.54 Å². The van der Waals surface area contributed by atoms with E-state index in [1.807, 2.05) is 6.92 Å². The molecule has 0 amide bonds. The smallest absolute Gasteiger partial charge is 0.0300 e. The number of hydrogen-bond acceptors (Lipinski definition) is 3. The van der Waals surface area contributed by atoms with E-state index in [1.165, 1.54) is 4.88 Å². The number of hydrogen-bond donors (Lipinski definition) is 2. The van der Waals surface area contributed by atoms with Gasteiger partial charge >= 0.3 is 0 Å². The van der Waals surface area contributed by atoms with Crippen molar-refractivity contribution >= 4 is 11.3 Å². The molecule has 1 atom stereocenters. The van der Waals surface area contributed by atoms with Crippen LogP contribution in [0.2, 0.25) is 0 Å². The van der Waals surface area contributed by atoms with Crippen molar-refractivity contribution in [3.8, 4) is 0 Å². The Labute approximate surface area is 71.4 Å². The van der Waals surface area contributed by atoms with Gasteiger partial charge in [0.05, 0.1) is 0 Å². The maximum absolute atomic E-state index is 5.57. The molecular weight excluding hydrogens is 156 g/mol. The fourth-order valence-electron chi connectivity index (χ4n) is 0.836. The first-order valence-electron chi connectivity index (χ1n) is 3.77. The lowest BCUT2D eigenvalue weighted by molar-refractivity contribution is 0.612. The molecule has 1 aromatic heterocycles. The molecule has 0 aliphatic heterocycles. The van der Waals surface area contributed by atoms with E-state index in [1.54, 1.807) is 11.3 Å². The molecule has 1 heterocycles. The quantitative estimate of drug-likeness (QED) is 0.712. The molecule has 62 valence electrons. The van der Waals surface area contributed by atoms with Gasteiger partial charge in [0.15, 0.2) is 0 Å². The third-order valence-electron chi connectivity index (χ3n) is 1.35. The molecule has 0 bridgehead atoms. The normalized spacial score (nSPS) is 13.3. The second-order valence-corrected chi connectivity index (χ2v) is 3.72. The van der Waals surface area contributed by atoms with Gasteiger partial charge in [-0.3, -0.25) is 0 Å². The summed E-state index contributed by atoms with van der Waals surface area (Å²) in [7, 11) is 0. The van der Waals surface area contributed by atoms with Crippen molar-refractivity contribution in [3.63, 3.8) is 0 Å². The van der Waals surface area contributed by atoms with E-state index in [-0.39, 0.29) is 6.04 Å². The zero-order valence-electron chi connectivity index (χ0n) is 6.71. The average molecular weight is 170 g/mol. The Morgan fingerprint density at radius 3 is 3.09 bits per heavy atom. The minimum atomic E-state index is 0.245. The van der Waals surface area contributed by atoms with Crippen molar-refractivity contribution in [1.82, 2.24) is 5.32 Å². The molecule has 0 saturated heterocycles. The summed E-state index contributed by atoms with van der Waals surface area (Å²) in [6.45, 7) is 3.83. The predicted molar refractivity (Wildman–Crippen MR) is 49.7 cm³/mol. The minimum absolute atomic E-state index is 0.245. The van der Waals surface area contributed by atoms with Gasteiger partial charge in [0.25, 0.3) is 0 Å². The molecule has 0 aromatic carbocycles. The zero-order valence-corrected chi connectivity index (χ0v) is 7.53. The van der Waals surface area contributed by atoms with Crippen molar-refractivity contribution in [3.05, 3.63) is 22.4 Å². The fraction of sp³-hybridized carbons (Fsp3) is 0.500. The fourth-order valence-corrected chi connectivity index (χ4v) is 1.51. The predicted octanol–water partition coefficient (Wildman–Crippen LogP) is 1.18. The Balaban J connectivity index is 2.14. The molecule has 11 heavy (non-hydrogen) atoms. The van der Waals surface area contributed by atoms with Crippen molar-refractivity contribution < 1.29 is 0 Å². The summed E-state index contributed by atoms with van der Waals surface area (Å²) in [5.74, 6) is 0. The van der Waals surface area contributed by atoms with Gasteiger partial charge in [0.1, 0.15) is 0 Å². The highest BCUT2D eigenvalue weighted by Gasteiger charge is 1.94. The molecule has 0 fully saturated rings. The average Bonchev–Trinajstić information content (AvgIpc) is 2.39. The lowest BCUT2D eigenvalue weighted by Gasteiger charge is -2.05. The lowest BCUT2D eigenvalue weighted by Crippen LogP contribution is -2.30. The summed E-state index contributed by atoms with van der Waals surface area (Å²) in [6, 6.07) is 4.43. The first-order chi connectivity index (χ1) is 5.29. The van der Waals surface area contributed by atoms with E-state index < -0.39 is 0 Å². The third-order valence-corrected chi connectivity index (χ3v) is 2.22. The van der Waals surface area contributed by atoms with Crippen LogP contribution in [0.4, 0.5) is 0 Å². The standard InChI is InChI=1S/C8H14N2S/c1-7(9)5-10-6-8-3-2-4-11-8/h2-4,7,10H,5-6,9H2,1H3. The molecule has 3 heteroatoms. The Bertz CT molecular complexity index is 182. The van der Waals surface area contributed by atoms with E-state index in [4.69, 9.17) is 5.73 Å². The minimum Gasteiger partial charge on any atom is -0.327 e. The first-order valence-corrected chi connectivity index (χ1v) is 4.65. The Morgan fingerprint density at radius 2 is 2.55 bits per heavy atom. The first kappa shape index (κ1) is 8.71. The summed E-state index contributed by atoms with van der Waals surface area (Å²) in [5.41, 5.74) is 5.57. The second kappa shape index (κ2) is 4.49. The molecule has 0 saturated carbocycles. The maximum Gasteiger partial charge on any atom is 0.0300 e. The summed E-state index contributed by atoms with van der Waals surface area (Å²) in [5, 5.41) is 5.36. The van der Waals surface area contributed by atoms with Crippen molar-refractivity contribution in [2.75, 3.05) is 6.54 Å². The summed E-state index contributed by atoms with van der Waals surface area (Å²) < 4.78 is 0. The monoisotopic (exact) mass is 170 g/mol. The van der Waals surface area contributed by atoms with Crippen LogP contribution < -0.4 is 11.1 Å². The number of nitrogens with one attached hydrogen (secondary N) is 1. The van der Waals surface area contributed by atoms with Gasteiger partial charge in [-0.15, -0.1) is 11.3 Å². The second-order valence-electron chi connectivity index (χ2n) is 2.69. The van der Waals surface area contributed by atoms with Crippen LogP contribution in [0.25, 0.3) is 0 Å². The van der Waals surface area contributed by atoms with E-state index in [0.29, 0.717) is 0 Å². The zero-order chi connectivity index (χ0) is 8.10. The van der Waals surface area contributed by atoms with Crippen molar-refractivity contribution in [1.29, 1.82) is 0 Å². The molecule has 0 aliphatic rings. The molecule has 0 radical (unpaired) electrons. The summed E-state index contributed by atoms with van der Waals surface area (Å²) in [4.78, 5) is 1.37. The van der Waals surface area contributed by atoms with Gasteiger partial charge in [-0.05, 0) is 18.4 Å². The highest BCUT2D eigenvalue weighted by molar-refractivity contribution is 7.09. The molecule has 1 unspecified atom stereocenters. The van der Waals surface area contributed by atoms with E-state index in [9.17, 15) is 0 Å². The lowest BCUT2D eigenvalue weighted by atomic mass is 10.3. The largest absolute Gasteiger partial charge is 0.327 e. The maximum atomic E-state index is 5.57. The third kappa shape index (κ3) is 3.51.